The minimum atomic E-state index is -0.0845. The molecule has 0 unspecified atom stereocenters. The third-order valence-corrected chi connectivity index (χ3v) is 3.50. The number of hydrogen-bond acceptors (Lipinski definition) is 4. The fraction of sp³-hybridized carbons (Fsp3) is 0.333. The molecule has 104 valence electrons. The van der Waals surface area contributed by atoms with Crippen LogP contribution in [0.4, 0.5) is 11.4 Å². The maximum atomic E-state index is 11.8. The Bertz CT molecular complexity index is 678. The maximum absolute atomic E-state index is 11.8. The average molecular weight is 270 g/mol. The molecule has 5 heteroatoms. The van der Waals surface area contributed by atoms with Crippen LogP contribution in [0.2, 0.25) is 0 Å². The van der Waals surface area contributed by atoms with Gasteiger partial charge in [0, 0.05) is 29.9 Å². The summed E-state index contributed by atoms with van der Waals surface area (Å²) in [6.07, 6.45) is 1.79. The lowest BCUT2D eigenvalue weighted by Gasteiger charge is -2.19. The Hall–Kier alpha value is -2.30. The van der Waals surface area contributed by atoms with Crippen molar-refractivity contribution in [3.8, 4) is 11.3 Å². The first-order valence-electron chi connectivity index (χ1n) is 6.99. The summed E-state index contributed by atoms with van der Waals surface area (Å²) in [5.74, 6) is 0. The van der Waals surface area contributed by atoms with Crippen molar-refractivity contribution in [2.24, 2.45) is 0 Å². The smallest absolute Gasteiger partial charge is 0.269 e. The predicted molar refractivity (Wildman–Crippen MR) is 81.3 cm³/mol. The highest BCUT2D eigenvalue weighted by Crippen LogP contribution is 2.30. The van der Waals surface area contributed by atoms with Crippen LogP contribution in [0.15, 0.2) is 29.1 Å². The molecule has 1 aliphatic heterocycles. The molecule has 1 aromatic carbocycles. The summed E-state index contributed by atoms with van der Waals surface area (Å²) < 4.78 is 0. The van der Waals surface area contributed by atoms with Crippen LogP contribution in [-0.2, 0) is 6.42 Å². The molecule has 5 nitrogen and oxygen atoms in total. The minimum absolute atomic E-state index is 0.0845. The maximum Gasteiger partial charge on any atom is 0.269 e. The van der Waals surface area contributed by atoms with Gasteiger partial charge in [-0.05, 0) is 31.9 Å². The molecule has 3 rings (SSSR count). The zero-order valence-corrected chi connectivity index (χ0v) is 11.5. The molecule has 1 aromatic heterocycles. The molecule has 2 heterocycles. The van der Waals surface area contributed by atoms with E-state index < -0.39 is 0 Å². The van der Waals surface area contributed by atoms with Crippen LogP contribution < -0.4 is 16.2 Å². The molecule has 0 radical (unpaired) electrons. The van der Waals surface area contributed by atoms with E-state index in [1.165, 1.54) is 0 Å². The fourth-order valence-corrected chi connectivity index (χ4v) is 2.58. The molecule has 2 aromatic rings. The van der Waals surface area contributed by atoms with Gasteiger partial charge < -0.3 is 10.6 Å². The van der Waals surface area contributed by atoms with E-state index in [2.05, 4.69) is 33.8 Å². The number of nitrogens with zero attached hydrogens (tertiary/aromatic N) is 1. The number of benzene rings is 1. The van der Waals surface area contributed by atoms with Crippen molar-refractivity contribution in [2.75, 3.05) is 23.7 Å². The van der Waals surface area contributed by atoms with Gasteiger partial charge in [-0.15, -0.1) is 0 Å². The molecule has 3 N–H and O–H groups in total. The normalized spacial score (nSPS) is 13.4. The molecular formula is C15H18N4O. The first-order valence-corrected chi connectivity index (χ1v) is 6.99. The van der Waals surface area contributed by atoms with E-state index in [-0.39, 0.29) is 5.56 Å². The minimum Gasteiger partial charge on any atom is -0.385 e. The average Bonchev–Trinajstić information content (AvgIpc) is 2.49. The van der Waals surface area contributed by atoms with E-state index in [4.69, 9.17) is 0 Å². The van der Waals surface area contributed by atoms with Gasteiger partial charge in [0.05, 0.1) is 5.69 Å². The molecule has 20 heavy (non-hydrogen) atoms. The van der Waals surface area contributed by atoms with Gasteiger partial charge in [-0.25, -0.2) is 5.10 Å². The Labute approximate surface area is 117 Å². The number of H-pyrrole nitrogens is 1. The van der Waals surface area contributed by atoms with Gasteiger partial charge >= 0.3 is 0 Å². The van der Waals surface area contributed by atoms with E-state index >= 15 is 0 Å². The summed E-state index contributed by atoms with van der Waals surface area (Å²) in [5.41, 5.74) is 4.49. The van der Waals surface area contributed by atoms with Crippen molar-refractivity contribution in [2.45, 2.75) is 19.8 Å². The van der Waals surface area contributed by atoms with Crippen molar-refractivity contribution in [3.63, 3.8) is 0 Å². The summed E-state index contributed by atoms with van der Waals surface area (Å²) in [4.78, 5) is 11.8. The Kier molecular flexibility index (Phi) is 3.41. The number of nitrogens with one attached hydrogen (secondary N) is 3. The van der Waals surface area contributed by atoms with E-state index in [0.717, 1.165) is 54.1 Å². The number of anilines is 2. The molecule has 1 aliphatic rings. The van der Waals surface area contributed by atoms with Gasteiger partial charge in [-0.1, -0.05) is 12.1 Å². The monoisotopic (exact) mass is 270 g/mol. The third-order valence-electron chi connectivity index (χ3n) is 3.50. The fourth-order valence-electron chi connectivity index (χ4n) is 2.58. The summed E-state index contributed by atoms with van der Waals surface area (Å²) in [6.45, 7) is 3.82. The second kappa shape index (κ2) is 5.36. The molecule has 0 amide bonds. The number of hydrogen-bond donors (Lipinski definition) is 3. The van der Waals surface area contributed by atoms with Crippen LogP contribution in [0.5, 0.6) is 0 Å². The first kappa shape index (κ1) is 12.7. The van der Waals surface area contributed by atoms with Crippen LogP contribution in [-0.4, -0.2) is 23.3 Å². The van der Waals surface area contributed by atoms with Crippen LogP contribution in [0.1, 0.15) is 18.9 Å². The highest BCUT2D eigenvalue weighted by molar-refractivity contribution is 5.78. The highest BCUT2D eigenvalue weighted by Gasteiger charge is 2.18. The van der Waals surface area contributed by atoms with E-state index in [0.29, 0.717) is 0 Å². The van der Waals surface area contributed by atoms with Crippen molar-refractivity contribution in [1.82, 2.24) is 10.2 Å². The molecule has 0 aliphatic carbocycles. The largest absolute Gasteiger partial charge is 0.385 e. The van der Waals surface area contributed by atoms with Gasteiger partial charge in [-0.2, -0.15) is 5.10 Å². The summed E-state index contributed by atoms with van der Waals surface area (Å²) in [7, 11) is 0. The van der Waals surface area contributed by atoms with Gasteiger partial charge in [0.2, 0.25) is 0 Å². The molecule has 0 bridgehead atoms. The van der Waals surface area contributed by atoms with E-state index in [1.807, 2.05) is 18.2 Å². The van der Waals surface area contributed by atoms with E-state index in [1.54, 1.807) is 0 Å². The van der Waals surface area contributed by atoms with Crippen molar-refractivity contribution in [3.05, 3.63) is 40.2 Å². The van der Waals surface area contributed by atoms with Gasteiger partial charge in [0.1, 0.15) is 5.69 Å². The zero-order valence-electron chi connectivity index (χ0n) is 11.5. The number of aromatic nitrogens is 2. The van der Waals surface area contributed by atoms with Crippen LogP contribution in [0, 0.1) is 0 Å². The Balaban J connectivity index is 2.10. The van der Waals surface area contributed by atoms with Crippen LogP contribution in [0.25, 0.3) is 11.3 Å². The number of fused-ring (bicyclic) bond motifs is 1. The van der Waals surface area contributed by atoms with Crippen LogP contribution in [0.3, 0.4) is 0 Å². The Morgan fingerprint density at radius 1 is 1.40 bits per heavy atom. The molecular weight excluding hydrogens is 252 g/mol. The van der Waals surface area contributed by atoms with Gasteiger partial charge in [0.15, 0.2) is 0 Å². The van der Waals surface area contributed by atoms with Gasteiger partial charge in [-0.3, -0.25) is 4.79 Å². The summed E-state index contributed by atoms with van der Waals surface area (Å²) in [5, 5.41) is 13.5. The summed E-state index contributed by atoms with van der Waals surface area (Å²) in [6, 6.07) is 8.09. The first-order chi connectivity index (χ1) is 9.79. The lowest BCUT2D eigenvalue weighted by molar-refractivity contribution is 0.799. The molecule has 0 saturated heterocycles. The second-order valence-electron chi connectivity index (χ2n) is 4.90. The standard InChI is InChI=1S/C15H18N4O/c1-2-16-11-6-3-5-10(9-11)13-14-12(7-4-8-17-14)15(20)19-18-13/h3,5-6,9,16-17H,2,4,7-8H2,1H3,(H,19,20). The van der Waals surface area contributed by atoms with Crippen molar-refractivity contribution < 1.29 is 0 Å². The third kappa shape index (κ3) is 2.27. The number of aromatic amines is 1. The van der Waals surface area contributed by atoms with E-state index in [9.17, 15) is 4.79 Å². The van der Waals surface area contributed by atoms with Crippen LogP contribution >= 0.6 is 0 Å². The lowest BCUT2D eigenvalue weighted by Crippen LogP contribution is -2.24. The second-order valence-corrected chi connectivity index (χ2v) is 4.90. The predicted octanol–water partition coefficient (Wildman–Crippen LogP) is 2.23. The SMILES string of the molecule is CCNc1cccc(-c2n[nH]c(=O)c3c2NCCC3)c1. The number of rotatable bonds is 3. The van der Waals surface area contributed by atoms with Crippen molar-refractivity contribution >= 4 is 11.4 Å². The molecule has 0 fully saturated rings. The topological polar surface area (TPSA) is 69.8 Å². The lowest BCUT2D eigenvalue weighted by atomic mass is 10.0. The molecule has 0 spiro atoms. The van der Waals surface area contributed by atoms with Crippen molar-refractivity contribution in [1.29, 1.82) is 0 Å². The quantitative estimate of drug-likeness (QED) is 0.800. The Morgan fingerprint density at radius 3 is 3.15 bits per heavy atom. The summed E-state index contributed by atoms with van der Waals surface area (Å²) >= 11 is 0. The molecule has 0 atom stereocenters. The molecule has 0 saturated carbocycles. The van der Waals surface area contributed by atoms with Gasteiger partial charge in [0.25, 0.3) is 5.56 Å². The zero-order chi connectivity index (χ0) is 13.9. The highest BCUT2D eigenvalue weighted by atomic mass is 16.1. The Morgan fingerprint density at radius 2 is 2.30 bits per heavy atom.